The third kappa shape index (κ3) is 3.41. The molecule has 1 atom stereocenters. The van der Waals surface area contributed by atoms with Gasteiger partial charge < -0.3 is 19.7 Å². The number of aliphatic hydroxyl groups is 1. The minimum Gasteiger partial charge on any atom is -0.494 e. The topological polar surface area (TPSA) is 65.6 Å². The van der Waals surface area contributed by atoms with Gasteiger partial charge in [-0.05, 0) is 50.8 Å². The smallest absolute Gasteiger partial charge is 0.270 e. The largest absolute Gasteiger partial charge is 0.494 e. The van der Waals surface area contributed by atoms with Crippen LogP contribution in [-0.2, 0) is 0 Å². The molecule has 0 saturated heterocycles. The molecule has 0 radical (unpaired) electrons. The van der Waals surface area contributed by atoms with Crippen LogP contribution in [0.4, 0.5) is 0 Å². The highest BCUT2D eigenvalue weighted by atomic mass is 16.5. The molecule has 1 aromatic carbocycles. The van der Waals surface area contributed by atoms with Crippen molar-refractivity contribution in [1.82, 2.24) is 9.88 Å². The van der Waals surface area contributed by atoms with Gasteiger partial charge in [-0.1, -0.05) is 6.42 Å². The van der Waals surface area contributed by atoms with Gasteiger partial charge in [-0.2, -0.15) is 0 Å². The maximum absolute atomic E-state index is 13.0. The zero-order valence-corrected chi connectivity index (χ0v) is 14.4. The van der Waals surface area contributed by atoms with Crippen LogP contribution in [0.1, 0.15) is 43.6 Å². The van der Waals surface area contributed by atoms with Gasteiger partial charge in [0.1, 0.15) is 11.4 Å². The Labute approximate surface area is 142 Å². The first kappa shape index (κ1) is 16.8. The van der Waals surface area contributed by atoms with E-state index < -0.39 is 0 Å². The van der Waals surface area contributed by atoms with Gasteiger partial charge in [0.25, 0.3) is 5.91 Å². The maximum atomic E-state index is 13.0. The average Bonchev–Trinajstić information content (AvgIpc) is 2.96. The van der Waals surface area contributed by atoms with E-state index in [0.29, 0.717) is 18.2 Å². The monoisotopic (exact) mass is 330 g/mol. The van der Waals surface area contributed by atoms with Crippen LogP contribution in [-0.4, -0.2) is 46.7 Å². The zero-order chi connectivity index (χ0) is 17.1. The fraction of sp³-hybridized carbons (Fsp3) is 0.526. The molecule has 0 aliphatic heterocycles. The number of aliphatic hydroxyl groups excluding tert-OH is 1. The lowest BCUT2D eigenvalue weighted by Gasteiger charge is -2.35. The molecule has 5 heteroatoms. The van der Waals surface area contributed by atoms with Gasteiger partial charge in [-0.3, -0.25) is 4.79 Å². The molecule has 0 bridgehead atoms. The molecule has 1 amide bonds. The van der Waals surface area contributed by atoms with E-state index in [9.17, 15) is 9.90 Å². The number of hydrogen-bond donors (Lipinski definition) is 2. The number of hydrogen-bond acceptors (Lipinski definition) is 3. The van der Waals surface area contributed by atoms with Crippen molar-refractivity contribution in [2.24, 2.45) is 5.92 Å². The molecule has 1 aromatic heterocycles. The number of ether oxygens (including phenoxy) is 1. The van der Waals surface area contributed by atoms with Crippen molar-refractivity contribution < 1.29 is 14.6 Å². The minimum atomic E-state index is -0.177. The number of benzene rings is 1. The molecule has 1 aliphatic rings. The number of nitrogens with zero attached hydrogens (tertiary/aromatic N) is 1. The van der Waals surface area contributed by atoms with E-state index in [4.69, 9.17) is 4.74 Å². The van der Waals surface area contributed by atoms with Crippen molar-refractivity contribution in [2.75, 3.05) is 19.8 Å². The fourth-order valence-corrected chi connectivity index (χ4v) is 3.15. The second kappa shape index (κ2) is 7.26. The van der Waals surface area contributed by atoms with Gasteiger partial charge in [0.05, 0.1) is 19.3 Å². The summed E-state index contributed by atoms with van der Waals surface area (Å²) >= 11 is 0. The van der Waals surface area contributed by atoms with E-state index in [1.54, 1.807) is 4.90 Å². The molecule has 1 fully saturated rings. The van der Waals surface area contributed by atoms with E-state index in [-0.39, 0.29) is 18.6 Å². The highest BCUT2D eigenvalue weighted by Gasteiger charge is 2.28. The van der Waals surface area contributed by atoms with E-state index in [2.05, 4.69) is 4.98 Å². The van der Waals surface area contributed by atoms with Crippen LogP contribution in [0, 0.1) is 5.92 Å². The number of aromatic amines is 1. The Bertz CT molecular complexity index is 706. The van der Waals surface area contributed by atoms with Gasteiger partial charge in [-0.25, -0.2) is 0 Å². The summed E-state index contributed by atoms with van der Waals surface area (Å²) in [6, 6.07) is 7.49. The number of H-pyrrole nitrogens is 1. The van der Waals surface area contributed by atoms with Crippen molar-refractivity contribution in [2.45, 2.75) is 39.2 Å². The molecular formula is C19H26N2O3. The fourth-order valence-electron chi connectivity index (χ4n) is 3.15. The highest BCUT2D eigenvalue weighted by Crippen LogP contribution is 2.29. The van der Waals surface area contributed by atoms with Gasteiger partial charge >= 0.3 is 0 Å². The first-order chi connectivity index (χ1) is 11.6. The normalized spacial score (nSPS) is 16.0. The summed E-state index contributed by atoms with van der Waals surface area (Å²) in [5.74, 6) is 1.32. The third-order valence-electron chi connectivity index (χ3n) is 4.87. The van der Waals surface area contributed by atoms with Crippen LogP contribution in [0.15, 0.2) is 24.3 Å². The van der Waals surface area contributed by atoms with E-state index in [0.717, 1.165) is 23.2 Å². The van der Waals surface area contributed by atoms with Crippen LogP contribution in [0.3, 0.4) is 0 Å². The van der Waals surface area contributed by atoms with Crippen LogP contribution >= 0.6 is 0 Å². The molecule has 1 heterocycles. The van der Waals surface area contributed by atoms with Gasteiger partial charge in [-0.15, -0.1) is 0 Å². The van der Waals surface area contributed by atoms with Gasteiger partial charge in [0.2, 0.25) is 0 Å². The van der Waals surface area contributed by atoms with E-state index in [1.165, 1.54) is 19.3 Å². The Morgan fingerprint density at radius 1 is 1.42 bits per heavy atom. The van der Waals surface area contributed by atoms with Crippen molar-refractivity contribution in [3.05, 3.63) is 30.0 Å². The molecule has 2 N–H and O–H groups in total. The Balaban J connectivity index is 1.84. The molecule has 0 unspecified atom stereocenters. The number of fused-ring (bicyclic) bond motifs is 1. The summed E-state index contributed by atoms with van der Waals surface area (Å²) in [7, 11) is 0. The Hall–Kier alpha value is -2.01. The number of aromatic nitrogens is 1. The first-order valence-electron chi connectivity index (χ1n) is 8.79. The zero-order valence-electron chi connectivity index (χ0n) is 14.4. The average molecular weight is 330 g/mol. The summed E-state index contributed by atoms with van der Waals surface area (Å²) in [5, 5.41) is 10.5. The Morgan fingerprint density at radius 2 is 2.21 bits per heavy atom. The lowest BCUT2D eigenvalue weighted by molar-refractivity contribution is 0.0524. The molecule has 0 spiro atoms. The predicted octanol–water partition coefficient (Wildman–Crippen LogP) is 3.19. The number of carbonyl (C=O) groups is 1. The summed E-state index contributed by atoms with van der Waals surface area (Å²) in [6.07, 6.45) is 3.59. The van der Waals surface area contributed by atoms with Crippen LogP contribution in [0.25, 0.3) is 10.9 Å². The van der Waals surface area contributed by atoms with Crippen molar-refractivity contribution in [3.63, 3.8) is 0 Å². The second-order valence-corrected chi connectivity index (χ2v) is 6.65. The van der Waals surface area contributed by atoms with Crippen molar-refractivity contribution >= 4 is 16.8 Å². The van der Waals surface area contributed by atoms with E-state index >= 15 is 0 Å². The summed E-state index contributed by atoms with van der Waals surface area (Å²) < 4.78 is 5.51. The van der Waals surface area contributed by atoms with Crippen molar-refractivity contribution in [1.29, 1.82) is 0 Å². The van der Waals surface area contributed by atoms with Crippen molar-refractivity contribution in [3.8, 4) is 5.75 Å². The summed E-state index contributed by atoms with van der Waals surface area (Å²) in [5.41, 5.74) is 1.46. The molecule has 1 aliphatic carbocycles. The van der Waals surface area contributed by atoms with Gasteiger partial charge in [0.15, 0.2) is 0 Å². The lowest BCUT2D eigenvalue weighted by atomic mass is 9.85. The van der Waals surface area contributed by atoms with Gasteiger partial charge in [0, 0.05) is 23.5 Å². The number of carbonyl (C=O) groups excluding carboxylic acids is 1. The Morgan fingerprint density at radius 3 is 2.83 bits per heavy atom. The quantitative estimate of drug-likeness (QED) is 0.819. The van der Waals surface area contributed by atoms with E-state index in [1.807, 2.05) is 38.1 Å². The molecule has 2 aromatic rings. The number of nitrogens with one attached hydrogen (secondary N) is 1. The number of rotatable bonds is 7. The highest BCUT2D eigenvalue weighted by molar-refractivity contribution is 5.98. The third-order valence-corrected chi connectivity index (χ3v) is 4.87. The summed E-state index contributed by atoms with van der Waals surface area (Å²) in [6.45, 7) is 5.16. The van der Waals surface area contributed by atoms with Crippen LogP contribution in [0.2, 0.25) is 0 Å². The lowest BCUT2D eigenvalue weighted by Crippen LogP contribution is -2.44. The maximum Gasteiger partial charge on any atom is 0.270 e. The van der Waals surface area contributed by atoms with Crippen LogP contribution in [0.5, 0.6) is 5.75 Å². The molecule has 130 valence electrons. The molecular weight excluding hydrogens is 304 g/mol. The molecule has 3 rings (SSSR count). The molecule has 1 saturated carbocycles. The van der Waals surface area contributed by atoms with Crippen LogP contribution < -0.4 is 4.74 Å². The summed E-state index contributed by atoms with van der Waals surface area (Å²) in [4.78, 5) is 18.0. The minimum absolute atomic E-state index is 0.0207. The first-order valence-corrected chi connectivity index (χ1v) is 8.79. The SMILES string of the molecule is CCOc1ccc2cc(C(=O)N(CC3CCC3)[C@@H](C)CO)[nH]c2c1. The predicted molar refractivity (Wildman–Crippen MR) is 94.4 cm³/mol. The molecule has 5 nitrogen and oxygen atoms in total. The number of amides is 1. The second-order valence-electron chi connectivity index (χ2n) is 6.65. The Kier molecular flexibility index (Phi) is 5.09. The molecule has 24 heavy (non-hydrogen) atoms. The standard InChI is InChI=1S/C19H26N2O3/c1-3-24-16-8-7-15-9-18(20-17(15)10-16)19(23)21(13(2)12-22)11-14-5-4-6-14/h7-10,13-14,20,22H,3-6,11-12H2,1-2H3/t13-/m0/s1.